The molecule has 0 fully saturated rings. The van der Waals surface area contributed by atoms with E-state index in [0.717, 1.165) is 11.3 Å². The second-order valence-electron chi connectivity index (χ2n) is 7.11. The van der Waals surface area contributed by atoms with Gasteiger partial charge in [-0.15, -0.1) is 0 Å². The van der Waals surface area contributed by atoms with Gasteiger partial charge in [-0.1, -0.05) is 12.1 Å². The maximum absolute atomic E-state index is 12.6. The third-order valence-electron chi connectivity index (χ3n) is 4.87. The van der Waals surface area contributed by atoms with Crippen LogP contribution in [-0.2, 0) is 11.3 Å². The minimum atomic E-state index is -0.366. The summed E-state index contributed by atoms with van der Waals surface area (Å²) < 4.78 is 4.98. The van der Waals surface area contributed by atoms with Crippen LogP contribution in [0.15, 0.2) is 42.5 Å². The molecule has 0 atom stereocenters. The van der Waals surface area contributed by atoms with Crippen LogP contribution in [0.5, 0.6) is 0 Å². The van der Waals surface area contributed by atoms with Crippen molar-refractivity contribution >= 4 is 23.4 Å². The fourth-order valence-corrected chi connectivity index (χ4v) is 3.20. The minimum absolute atomic E-state index is 0.274. The fraction of sp³-hybridized carbons (Fsp3) is 0.318. The SMILES string of the molecule is COCCCN1C(=O)c2ccc(C(=O)NCc3ccc(N(C)C)cc3)cc2C1=O. The van der Waals surface area contributed by atoms with Crippen molar-refractivity contribution < 1.29 is 19.1 Å². The van der Waals surface area contributed by atoms with Crippen LogP contribution < -0.4 is 10.2 Å². The van der Waals surface area contributed by atoms with E-state index in [9.17, 15) is 14.4 Å². The Hall–Kier alpha value is -3.19. The van der Waals surface area contributed by atoms with Gasteiger partial charge in [0.05, 0.1) is 11.1 Å². The van der Waals surface area contributed by atoms with Crippen LogP contribution in [0.2, 0.25) is 0 Å². The Bertz CT molecular complexity index is 922. The van der Waals surface area contributed by atoms with Gasteiger partial charge in [-0.25, -0.2) is 0 Å². The number of hydrogen-bond donors (Lipinski definition) is 1. The maximum atomic E-state index is 12.6. The highest BCUT2D eigenvalue weighted by Gasteiger charge is 2.35. The van der Waals surface area contributed by atoms with Crippen LogP contribution in [0.4, 0.5) is 5.69 Å². The molecule has 1 aliphatic heterocycles. The summed E-state index contributed by atoms with van der Waals surface area (Å²) in [5.41, 5.74) is 3.02. The molecule has 3 amide bonds. The molecule has 0 spiro atoms. The Morgan fingerprint density at radius 2 is 1.72 bits per heavy atom. The molecule has 0 saturated heterocycles. The van der Waals surface area contributed by atoms with Crippen LogP contribution in [0.1, 0.15) is 43.1 Å². The van der Waals surface area contributed by atoms with Gasteiger partial charge in [0.25, 0.3) is 17.7 Å². The molecule has 3 rings (SSSR count). The fourth-order valence-electron chi connectivity index (χ4n) is 3.20. The number of carbonyl (C=O) groups excluding carboxylic acids is 3. The van der Waals surface area contributed by atoms with Gasteiger partial charge in [0.1, 0.15) is 0 Å². The monoisotopic (exact) mass is 395 g/mol. The molecule has 0 radical (unpaired) electrons. The number of nitrogens with one attached hydrogen (secondary N) is 1. The first-order chi connectivity index (χ1) is 13.9. The number of ether oxygens (including phenoxy) is 1. The third-order valence-corrected chi connectivity index (χ3v) is 4.87. The van der Waals surface area contributed by atoms with Crippen LogP contribution in [0.25, 0.3) is 0 Å². The smallest absolute Gasteiger partial charge is 0.261 e. The molecule has 0 aliphatic carbocycles. The predicted molar refractivity (Wildman–Crippen MR) is 110 cm³/mol. The zero-order valence-electron chi connectivity index (χ0n) is 16.9. The molecular formula is C22H25N3O4. The molecule has 7 heteroatoms. The number of fused-ring (bicyclic) bond motifs is 1. The highest BCUT2D eigenvalue weighted by molar-refractivity contribution is 6.22. The van der Waals surface area contributed by atoms with E-state index in [4.69, 9.17) is 4.74 Å². The van der Waals surface area contributed by atoms with Gasteiger partial charge in [-0.3, -0.25) is 19.3 Å². The topological polar surface area (TPSA) is 79.0 Å². The van der Waals surface area contributed by atoms with Crippen molar-refractivity contribution in [1.29, 1.82) is 0 Å². The Kier molecular flexibility index (Phi) is 6.29. The average molecular weight is 395 g/mol. The molecule has 0 unspecified atom stereocenters. The lowest BCUT2D eigenvalue weighted by molar-refractivity contribution is 0.0638. The number of anilines is 1. The van der Waals surface area contributed by atoms with Crippen molar-refractivity contribution in [1.82, 2.24) is 10.2 Å². The molecule has 0 bridgehead atoms. The number of imide groups is 1. The third kappa shape index (κ3) is 4.46. The highest BCUT2D eigenvalue weighted by Crippen LogP contribution is 2.24. The number of amides is 3. The summed E-state index contributed by atoms with van der Waals surface area (Å²) in [7, 11) is 5.51. The highest BCUT2D eigenvalue weighted by atomic mass is 16.5. The van der Waals surface area contributed by atoms with Crippen molar-refractivity contribution in [2.45, 2.75) is 13.0 Å². The van der Waals surface area contributed by atoms with Gasteiger partial charge >= 0.3 is 0 Å². The van der Waals surface area contributed by atoms with Crippen LogP contribution in [-0.4, -0.2) is 57.0 Å². The summed E-state index contributed by atoms with van der Waals surface area (Å²) in [4.78, 5) is 40.7. The largest absolute Gasteiger partial charge is 0.385 e. The van der Waals surface area contributed by atoms with Crippen molar-refractivity contribution in [3.63, 3.8) is 0 Å². The number of hydrogen-bond acceptors (Lipinski definition) is 5. The zero-order chi connectivity index (χ0) is 21.0. The van der Waals surface area contributed by atoms with Crippen LogP contribution in [0, 0.1) is 0 Å². The lowest BCUT2D eigenvalue weighted by atomic mass is 10.1. The Balaban J connectivity index is 1.66. The second kappa shape index (κ2) is 8.87. The van der Waals surface area contributed by atoms with E-state index in [2.05, 4.69) is 5.32 Å². The standard InChI is InChI=1S/C22H25N3O4/c1-24(2)17-8-5-15(6-9-17)14-23-20(26)16-7-10-18-19(13-16)22(28)25(21(18)27)11-4-12-29-3/h5-10,13H,4,11-12,14H2,1-3H3,(H,23,26). The van der Waals surface area contributed by atoms with Crippen LogP contribution in [0.3, 0.4) is 0 Å². The second-order valence-corrected chi connectivity index (χ2v) is 7.11. The van der Waals surface area contributed by atoms with Gasteiger partial charge in [0.2, 0.25) is 0 Å². The van der Waals surface area contributed by atoms with Gasteiger partial charge in [0, 0.05) is 52.2 Å². The Morgan fingerprint density at radius 3 is 2.38 bits per heavy atom. The van der Waals surface area contributed by atoms with Crippen LogP contribution >= 0.6 is 0 Å². The van der Waals surface area contributed by atoms with Gasteiger partial charge < -0.3 is 15.0 Å². The Labute approximate surface area is 170 Å². The van der Waals surface area contributed by atoms with Crippen molar-refractivity contribution in [3.05, 3.63) is 64.7 Å². The molecule has 29 heavy (non-hydrogen) atoms. The number of rotatable bonds is 8. The van der Waals surface area contributed by atoms with Gasteiger partial charge in [-0.05, 0) is 42.3 Å². The molecule has 1 aliphatic rings. The quantitative estimate of drug-likeness (QED) is 0.548. The van der Waals surface area contributed by atoms with Crippen molar-refractivity contribution in [2.24, 2.45) is 0 Å². The van der Waals surface area contributed by atoms with E-state index in [1.165, 1.54) is 11.0 Å². The molecule has 2 aromatic carbocycles. The molecule has 1 N–H and O–H groups in total. The number of nitrogens with zero attached hydrogens (tertiary/aromatic N) is 2. The summed E-state index contributed by atoms with van der Waals surface area (Å²) in [6, 6.07) is 12.5. The van der Waals surface area contributed by atoms with Gasteiger partial charge in [-0.2, -0.15) is 0 Å². The first-order valence-electron chi connectivity index (χ1n) is 9.46. The summed E-state index contributed by atoms with van der Waals surface area (Å²) in [6.07, 6.45) is 0.571. The molecule has 0 aromatic heterocycles. The first kappa shape index (κ1) is 20.5. The normalized spacial score (nSPS) is 12.9. The van der Waals surface area contributed by atoms with E-state index in [1.54, 1.807) is 19.2 Å². The lowest BCUT2D eigenvalue weighted by Crippen LogP contribution is -2.31. The summed E-state index contributed by atoms with van der Waals surface area (Å²) in [5.74, 6) is -0.980. The summed E-state index contributed by atoms with van der Waals surface area (Å²) in [5, 5.41) is 2.86. The lowest BCUT2D eigenvalue weighted by Gasteiger charge is -2.13. The van der Waals surface area contributed by atoms with E-state index in [-0.39, 0.29) is 23.3 Å². The minimum Gasteiger partial charge on any atom is -0.385 e. The average Bonchev–Trinajstić information content (AvgIpc) is 2.96. The van der Waals surface area contributed by atoms with E-state index < -0.39 is 0 Å². The van der Waals surface area contributed by atoms with Gasteiger partial charge in [0.15, 0.2) is 0 Å². The molecule has 7 nitrogen and oxygen atoms in total. The van der Waals surface area contributed by atoms with Crippen molar-refractivity contribution in [2.75, 3.05) is 39.3 Å². The summed E-state index contributed by atoms with van der Waals surface area (Å²) >= 11 is 0. The van der Waals surface area contributed by atoms with E-state index in [1.807, 2.05) is 43.3 Å². The molecule has 0 saturated carbocycles. The van der Waals surface area contributed by atoms with Crippen molar-refractivity contribution in [3.8, 4) is 0 Å². The summed E-state index contributed by atoms with van der Waals surface area (Å²) in [6.45, 7) is 1.14. The number of carbonyl (C=O) groups is 3. The molecule has 152 valence electrons. The van der Waals surface area contributed by atoms with E-state index in [0.29, 0.717) is 37.2 Å². The number of methoxy groups -OCH3 is 1. The zero-order valence-corrected chi connectivity index (χ0v) is 16.9. The predicted octanol–water partition coefficient (Wildman–Crippen LogP) is 2.32. The van der Waals surface area contributed by atoms with E-state index >= 15 is 0 Å². The Morgan fingerprint density at radius 1 is 1.03 bits per heavy atom. The molecular weight excluding hydrogens is 370 g/mol. The first-order valence-corrected chi connectivity index (χ1v) is 9.46. The molecule has 2 aromatic rings. The molecule has 1 heterocycles. The number of benzene rings is 2. The maximum Gasteiger partial charge on any atom is 0.261 e.